The fraction of sp³-hybridized carbons (Fsp3) is 0.235. The molecule has 0 fully saturated rings. The lowest BCUT2D eigenvalue weighted by Crippen LogP contribution is -2.21. The number of hydrogen-bond donors (Lipinski definition) is 1. The summed E-state index contributed by atoms with van der Waals surface area (Å²) in [6.45, 7) is 1.60. The van der Waals surface area contributed by atoms with Crippen LogP contribution in [0.3, 0.4) is 0 Å². The number of nitro benzene ring substituents is 1. The van der Waals surface area contributed by atoms with Gasteiger partial charge in [0.1, 0.15) is 5.00 Å². The number of nitrogens with zero attached hydrogens (tertiary/aromatic N) is 2. The SMILES string of the molecule is COC(=O)c1c(NC(=O)c2ccc([N+](=O)[O-])cc2)sc(C(=O)N(C)C)c1C. The minimum Gasteiger partial charge on any atom is -0.465 e. The number of nitrogens with one attached hydrogen (secondary N) is 1. The van der Waals surface area contributed by atoms with Crippen LogP contribution >= 0.6 is 11.3 Å². The summed E-state index contributed by atoms with van der Waals surface area (Å²) in [4.78, 5) is 48.7. The van der Waals surface area contributed by atoms with Crippen molar-refractivity contribution in [3.05, 3.63) is 55.9 Å². The number of benzene rings is 1. The number of nitro groups is 1. The summed E-state index contributed by atoms with van der Waals surface area (Å²) < 4.78 is 4.76. The maximum absolute atomic E-state index is 12.5. The first kappa shape index (κ1) is 20.0. The molecule has 0 aliphatic heterocycles. The van der Waals surface area contributed by atoms with E-state index >= 15 is 0 Å². The lowest BCUT2D eigenvalue weighted by atomic mass is 10.1. The molecule has 142 valence electrons. The van der Waals surface area contributed by atoms with E-state index in [4.69, 9.17) is 4.74 Å². The quantitative estimate of drug-likeness (QED) is 0.475. The van der Waals surface area contributed by atoms with Gasteiger partial charge in [-0.2, -0.15) is 0 Å². The first-order chi connectivity index (χ1) is 12.7. The number of carbonyl (C=O) groups is 3. The van der Waals surface area contributed by atoms with Crippen molar-refractivity contribution in [1.29, 1.82) is 0 Å². The molecule has 2 rings (SSSR count). The molecule has 0 atom stereocenters. The van der Waals surface area contributed by atoms with E-state index in [9.17, 15) is 24.5 Å². The highest BCUT2D eigenvalue weighted by Crippen LogP contribution is 2.34. The van der Waals surface area contributed by atoms with Crippen LogP contribution < -0.4 is 5.32 Å². The van der Waals surface area contributed by atoms with Crippen molar-refractivity contribution in [2.75, 3.05) is 26.5 Å². The van der Waals surface area contributed by atoms with Gasteiger partial charge in [0.15, 0.2) is 0 Å². The van der Waals surface area contributed by atoms with Gasteiger partial charge in [-0.25, -0.2) is 4.79 Å². The third-order valence-corrected chi connectivity index (χ3v) is 4.90. The number of thiophene rings is 1. The summed E-state index contributed by atoms with van der Waals surface area (Å²) >= 11 is 0.965. The van der Waals surface area contributed by atoms with Gasteiger partial charge in [-0.3, -0.25) is 19.7 Å². The van der Waals surface area contributed by atoms with Gasteiger partial charge >= 0.3 is 5.97 Å². The van der Waals surface area contributed by atoms with Gasteiger partial charge in [0.05, 0.1) is 22.5 Å². The van der Waals surface area contributed by atoms with Crippen LogP contribution in [0.1, 0.15) is 36.0 Å². The molecule has 0 saturated carbocycles. The maximum atomic E-state index is 12.5. The molecule has 1 aromatic heterocycles. The van der Waals surface area contributed by atoms with Crippen molar-refractivity contribution < 1.29 is 24.0 Å². The number of hydrogen-bond acceptors (Lipinski definition) is 7. The van der Waals surface area contributed by atoms with E-state index in [-0.39, 0.29) is 27.7 Å². The average Bonchev–Trinajstić information content (AvgIpc) is 2.96. The molecular formula is C17H17N3O6S. The lowest BCUT2D eigenvalue weighted by Gasteiger charge is -2.08. The first-order valence-corrected chi connectivity index (χ1v) is 8.48. The Morgan fingerprint density at radius 3 is 2.26 bits per heavy atom. The molecule has 0 unspecified atom stereocenters. The van der Waals surface area contributed by atoms with Crippen LogP contribution in [0.15, 0.2) is 24.3 Å². The van der Waals surface area contributed by atoms with Crippen molar-refractivity contribution in [1.82, 2.24) is 4.90 Å². The lowest BCUT2D eigenvalue weighted by molar-refractivity contribution is -0.384. The second-order valence-corrected chi connectivity index (χ2v) is 6.73. The molecular weight excluding hydrogens is 374 g/mol. The topological polar surface area (TPSA) is 119 Å². The van der Waals surface area contributed by atoms with Crippen LogP contribution in [0.25, 0.3) is 0 Å². The molecule has 0 aliphatic carbocycles. The van der Waals surface area contributed by atoms with Crippen LogP contribution in [-0.2, 0) is 4.74 Å². The van der Waals surface area contributed by atoms with Gasteiger partial charge in [0, 0.05) is 31.8 Å². The van der Waals surface area contributed by atoms with Gasteiger partial charge in [-0.1, -0.05) is 0 Å². The van der Waals surface area contributed by atoms with Gasteiger partial charge in [-0.05, 0) is 24.6 Å². The molecule has 2 aromatic rings. The number of amides is 2. The number of ether oxygens (including phenoxy) is 1. The second-order valence-electron chi connectivity index (χ2n) is 5.71. The molecule has 1 aromatic carbocycles. The minimum atomic E-state index is -0.680. The number of anilines is 1. The molecule has 9 nitrogen and oxygen atoms in total. The van der Waals surface area contributed by atoms with E-state index in [1.807, 2.05) is 0 Å². The van der Waals surface area contributed by atoms with Crippen LogP contribution in [0.5, 0.6) is 0 Å². The van der Waals surface area contributed by atoms with E-state index in [0.29, 0.717) is 10.4 Å². The standard InChI is InChI=1S/C17H17N3O6S/c1-9-12(17(23)26-4)15(27-13(9)16(22)19(2)3)18-14(21)10-5-7-11(8-6-10)20(24)25/h5-8H,1-4H3,(H,18,21). The minimum absolute atomic E-state index is 0.1000. The smallest absolute Gasteiger partial charge is 0.341 e. The van der Waals surface area contributed by atoms with E-state index < -0.39 is 16.8 Å². The zero-order valence-corrected chi connectivity index (χ0v) is 15.9. The molecule has 1 heterocycles. The first-order valence-electron chi connectivity index (χ1n) is 7.66. The fourth-order valence-corrected chi connectivity index (χ4v) is 3.48. The highest BCUT2D eigenvalue weighted by molar-refractivity contribution is 7.18. The Balaban J connectivity index is 2.40. The molecule has 27 heavy (non-hydrogen) atoms. The van der Waals surface area contributed by atoms with Crippen LogP contribution in [0.4, 0.5) is 10.7 Å². The summed E-state index contributed by atoms with van der Waals surface area (Å²) in [5.74, 6) is -1.56. The molecule has 0 aliphatic rings. The van der Waals surface area contributed by atoms with Crippen molar-refractivity contribution in [3.63, 3.8) is 0 Å². The van der Waals surface area contributed by atoms with Crippen molar-refractivity contribution in [3.8, 4) is 0 Å². The predicted molar refractivity (Wildman–Crippen MR) is 99.5 cm³/mol. The Morgan fingerprint density at radius 1 is 1.19 bits per heavy atom. The van der Waals surface area contributed by atoms with Gasteiger partial charge in [0.2, 0.25) is 0 Å². The van der Waals surface area contributed by atoms with Gasteiger partial charge in [-0.15, -0.1) is 11.3 Å². The van der Waals surface area contributed by atoms with Crippen LogP contribution in [0, 0.1) is 17.0 Å². The number of methoxy groups -OCH3 is 1. The summed E-state index contributed by atoms with van der Waals surface area (Å²) in [6.07, 6.45) is 0. The monoisotopic (exact) mass is 391 g/mol. The van der Waals surface area contributed by atoms with Gasteiger partial charge in [0.25, 0.3) is 17.5 Å². The van der Waals surface area contributed by atoms with Crippen molar-refractivity contribution >= 4 is 39.8 Å². The Kier molecular flexibility index (Phi) is 5.91. The maximum Gasteiger partial charge on any atom is 0.341 e. The van der Waals surface area contributed by atoms with Crippen molar-refractivity contribution in [2.24, 2.45) is 0 Å². The molecule has 10 heteroatoms. The van der Waals surface area contributed by atoms with Gasteiger partial charge < -0.3 is 15.0 Å². The summed E-state index contributed by atoms with van der Waals surface area (Å²) in [5, 5.41) is 13.5. The molecule has 0 saturated heterocycles. The molecule has 0 radical (unpaired) electrons. The Morgan fingerprint density at radius 2 is 1.78 bits per heavy atom. The Labute approximate surface area is 158 Å². The number of esters is 1. The highest BCUT2D eigenvalue weighted by atomic mass is 32.1. The number of carbonyl (C=O) groups excluding carboxylic acids is 3. The third kappa shape index (κ3) is 4.11. The van der Waals surface area contributed by atoms with E-state index in [1.165, 1.54) is 36.3 Å². The molecule has 0 spiro atoms. The number of rotatable bonds is 5. The zero-order chi connectivity index (χ0) is 20.3. The summed E-state index contributed by atoms with van der Waals surface area (Å²) in [5.41, 5.74) is 0.531. The second kappa shape index (κ2) is 7.96. The van der Waals surface area contributed by atoms with Crippen LogP contribution in [-0.4, -0.2) is 48.8 Å². The van der Waals surface area contributed by atoms with E-state index in [1.54, 1.807) is 21.0 Å². The Bertz CT molecular complexity index is 917. The average molecular weight is 391 g/mol. The van der Waals surface area contributed by atoms with E-state index in [2.05, 4.69) is 5.32 Å². The molecule has 0 bridgehead atoms. The summed E-state index contributed by atoms with van der Waals surface area (Å²) in [7, 11) is 4.36. The zero-order valence-electron chi connectivity index (χ0n) is 15.1. The largest absolute Gasteiger partial charge is 0.465 e. The highest BCUT2D eigenvalue weighted by Gasteiger charge is 2.27. The predicted octanol–water partition coefficient (Wildman–Crippen LogP) is 2.71. The summed E-state index contributed by atoms with van der Waals surface area (Å²) in [6, 6.07) is 5.02. The number of non-ortho nitro benzene ring substituents is 1. The normalized spacial score (nSPS) is 10.2. The third-order valence-electron chi connectivity index (χ3n) is 3.70. The van der Waals surface area contributed by atoms with Crippen LogP contribution in [0.2, 0.25) is 0 Å². The Hall–Kier alpha value is -3.27. The van der Waals surface area contributed by atoms with Crippen molar-refractivity contribution in [2.45, 2.75) is 6.92 Å². The molecule has 2 amide bonds. The van der Waals surface area contributed by atoms with E-state index in [0.717, 1.165) is 11.3 Å². The fourth-order valence-electron chi connectivity index (χ4n) is 2.27. The molecule has 1 N–H and O–H groups in total.